The third-order valence-corrected chi connectivity index (χ3v) is 2.08. The fourth-order valence-electron chi connectivity index (χ4n) is 1.34. The van der Waals surface area contributed by atoms with E-state index in [-0.39, 0.29) is 5.56 Å². The van der Waals surface area contributed by atoms with Crippen molar-refractivity contribution in [3.05, 3.63) is 34.2 Å². The molecule has 0 saturated heterocycles. The van der Waals surface area contributed by atoms with Crippen LogP contribution in [-0.2, 0) is 0 Å². The molecule has 1 heterocycles. The molecule has 0 radical (unpaired) electrons. The smallest absolute Gasteiger partial charge is 0.269 e. The van der Waals surface area contributed by atoms with E-state index in [9.17, 15) is 4.79 Å². The number of aromatic amines is 1. The molecule has 1 aromatic heterocycles. The highest BCUT2D eigenvalue weighted by Gasteiger charge is 2.04. The quantitative estimate of drug-likeness (QED) is 0.736. The summed E-state index contributed by atoms with van der Waals surface area (Å²) >= 11 is 0. The van der Waals surface area contributed by atoms with Crippen LogP contribution in [-0.4, -0.2) is 17.1 Å². The van der Waals surface area contributed by atoms with Gasteiger partial charge >= 0.3 is 0 Å². The molecule has 14 heavy (non-hydrogen) atoms. The topological polar surface area (TPSA) is 55.0 Å². The van der Waals surface area contributed by atoms with Crippen LogP contribution in [0.3, 0.4) is 0 Å². The van der Waals surface area contributed by atoms with E-state index < -0.39 is 0 Å². The number of aryl methyl sites for hydroxylation is 1. The van der Waals surface area contributed by atoms with Crippen molar-refractivity contribution in [2.45, 2.75) is 6.92 Å². The van der Waals surface area contributed by atoms with Gasteiger partial charge in [0.25, 0.3) is 5.56 Å². The summed E-state index contributed by atoms with van der Waals surface area (Å²) in [6.07, 6.45) is 0. The predicted molar refractivity (Wildman–Crippen MR) is 53.7 cm³/mol. The second kappa shape index (κ2) is 3.14. The first kappa shape index (κ1) is 8.74. The van der Waals surface area contributed by atoms with Gasteiger partial charge in [-0.25, -0.2) is 4.98 Å². The molecule has 0 amide bonds. The average Bonchev–Trinajstić information content (AvgIpc) is 2.19. The molecule has 0 fully saturated rings. The van der Waals surface area contributed by atoms with Gasteiger partial charge in [0.1, 0.15) is 17.0 Å². The molecule has 0 aliphatic rings. The van der Waals surface area contributed by atoms with Crippen LogP contribution in [0.1, 0.15) is 5.69 Å². The van der Waals surface area contributed by atoms with E-state index in [1.54, 1.807) is 20.1 Å². The number of para-hydroxylation sites is 1. The Morgan fingerprint density at radius 2 is 2.21 bits per heavy atom. The first-order chi connectivity index (χ1) is 6.72. The van der Waals surface area contributed by atoms with Crippen LogP contribution < -0.4 is 10.3 Å². The maximum absolute atomic E-state index is 11.3. The van der Waals surface area contributed by atoms with Crippen LogP contribution in [0.5, 0.6) is 5.75 Å². The van der Waals surface area contributed by atoms with Crippen molar-refractivity contribution >= 4 is 11.0 Å². The number of H-pyrrole nitrogens is 1. The summed E-state index contributed by atoms with van der Waals surface area (Å²) in [4.78, 5) is 18.2. The van der Waals surface area contributed by atoms with Gasteiger partial charge in [-0.2, -0.15) is 0 Å². The third kappa shape index (κ3) is 1.25. The molecule has 0 spiro atoms. The molecular weight excluding hydrogens is 180 g/mol. The Balaban J connectivity index is 2.88. The number of hydrogen-bond acceptors (Lipinski definition) is 3. The van der Waals surface area contributed by atoms with E-state index in [2.05, 4.69) is 9.97 Å². The molecule has 2 rings (SSSR count). The number of methoxy groups -OCH3 is 1. The summed E-state index contributed by atoms with van der Waals surface area (Å²) in [5.41, 5.74) is 1.67. The first-order valence-corrected chi connectivity index (χ1v) is 4.26. The number of fused-ring (bicyclic) bond motifs is 1. The lowest BCUT2D eigenvalue weighted by atomic mass is 10.2. The summed E-state index contributed by atoms with van der Waals surface area (Å²) < 4.78 is 5.11. The van der Waals surface area contributed by atoms with Crippen LogP contribution in [0.15, 0.2) is 23.0 Å². The van der Waals surface area contributed by atoms with Gasteiger partial charge in [-0.3, -0.25) is 4.79 Å². The van der Waals surface area contributed by atoms with Crippen LogP contribution in [0.4, 0.5) is 0 Å². The Hall–Kier alpha value is -1.84. The lowest BCUT2D eigenvalue weighted by Gasteiger charge is -2.04. The van der Waals surface area contributed by atoms with Gasteiger partial charge in [0.15, 0.2) is 0 Å². The van der Waals surface area contributed by atoms with Gasteiger partial charge in [-0.1, -0.05) is 6.07 Å². The summed E-state index contributed by atoms with van der Waals surface area (Å²) in [6, 6.07) is 5.46. The average molecular weight is 190 g/mol. The minimum Gasteiger partial charge on any atom is -0.494 e. The Morgan fingerprint density at radius 1 is 1.43 bits per heavy atom. The monoisotopic (exact) mass is 190 g/mol. The molecule has 0 aliphatic heterocycles. The Labute approximate surface area is 80.6 Å². The summed E-state index contributed by atoms with van der Waals surface area (Å²) in [5.74, 6) is 0.632. The maximum atomic E-state index is 11.3. The van der Waals surface area contributed by atoms with E-state index >= 15 is 0 Å². The number of rotatable bonds is 1. The molecule has 4 nitrogen and oxygen atoms in total. The van der Waals surface area contributed by atoms with Crippen molar-refractivity contribution < 1.29 is 4.74 Å². The van der Waals surface area contributed by atoms with Gasteiger partial charge in [-0.05, 0) is 19.1 Å². The lowest BCUT2D eigenvalue weighted by Crippen LogP contribution is -2.11. The van der Waals surface area contributed by atoms with Crippen molar-refractivity contribution in [1.82, 2.24) is 9.97 Å². The van der Waals surface area contributed by atoms with E-state index in [4.69, 9.17) is 4.74 Å². The van der Waals surface area contributed by atoms with Gasteiger partial charge < -0.3 is 9.72 Å². The molecule has 0 aliphatic carbocycles. The third-order valence-electron chi connectivity index (χ3n) is 2.08. The zero-order chi connectivity index (χ0) is 10.1. The molecule has 1 aromatic carbocycles. The van der Waals surface area contributed by atoms with Crippen molar-refractivity contribution in [3.63, 3.8) is 0 Å². The predicted octanol–water partition coefficient (Wildman–Crippen LogP) is 1.24. The molecule has 0 saturated carbocycles. The van der Waals surface area contributed by atoms with Gasteiger partial charge in [-0.15, -0.1) is 0 Å². The fraction of sp³-hybridized carbons (Fsp3) is 0.200. The Kier molecular flexibility index (Phi) is 1.96. The van der Waals surface area contributed by atoms with Crippen LogP contribution in [0.25, 0.3) is 11.0 Å². The van der Waals surface area contributed by atoms with Crippen molar-refractivity contribution in [2.24, 2.45) is 0 Å². The van der Waals surface area contributed by atoms with Crippen molar-refractivity contribution in [2.75, 3.05) is 7.11 Å². The van der Waals surface area contributed by atoms with E-state index in [1.807, 2.05) is 12.1 Å². The summed E-state index contributed by atoms with van der Waals surface area (Å²) in [5, 5.41) is 0. The normalized spacial score (nSPS) is 10.4. The molecular formula is C10H10N2O2. The van der Waals surface area contributed by atoms with Gasteiger partial charge in [0.05, 0.1) is 12.6 Å². The second-order valence-corrected chi connectivity index (χ2v) is 3.01. The standard InChI is InChI=1S/C10H10N2O2/c1-6-10(13)12-9-7(11-6)4-3-5-8(9)14-2/h3-5H,1-2H3,(H,12,13). The minimum atomic E-state index is -0.179. The molecule has 72 valence electrons. The van der Waals surface area contributed by atoms with Crippen LogP contribution >= 0.6 is 0 Å². The zero-order valence-corrected chi connectivity index (χ0v) is 8.00. The van der Waals surface area contributed by atoms with E-state index in [1.165, 1.54) is 0 Å². The fourth-order valence-corrected chi connectivity index (χ4v) is 1.34. The SMILES string of the molecule is COc1cccc2nc(C)c(=O)[nH]c12. The van der Waals surface area contributed by atoms with Crippen LogP contribution in [0.2, 0.25) is 0 Å². The largest absolute Gasteiger partial charge is 0.494 e. The molecule has 1 N–H and O–H groups in total. The zero-order valence-electron chi connectivity index (χ0n) is 8.00. The number of benzene rings is 1. The van der Waals surface area contributed by atoms with Gasteiger partial charge in [0.2, 0.25) is 0 Å². The maximum Gasteiger partial charge on any atom is 0.269 e. The minimum absolute atomic E-state index is 0.179. The van der Waals surface area contributed by atoms with Crippen molar-refractivity contribution in [3.8, 4) is 5.75 Å². The highest BCUT2D eigenvalue weighted by Crippen LogP contribution is 2.20. The number of nitrogens with zero attached hydrogens (tertiary/aromatic N) is 1. The van der Waals surface area contributed by atoms with E-state index in [0.29, 0.717) is 17.0 Å². The van der Waals surface area contributed by atoms with E-state index in [0.717, 1.165) is 5.52 Å². The highest BCUT2D eigenvalue weighted by atomic mass is 16.5. The summed E-state index contributed by atoms with van der Waals surface area (Å²) in [6.45, 7) is 1.68. The summed E-state index contributed by atoms with van der Waals surface area (Å²) in [7, 11) is 1.56. The van der Waals surface area contributed by atoms with Crippen LogP contribution in [0, 0.1) is 6.92 Å². The molecule has 4 heteroatoms. The molecule has 2 aromatic rings. The van der Waals surface area contributed by atoms with Gasteiger partial charge in [0, 0.05) is 0 Å². The Morgan fingerprint density at radius 3 is 2.93 bits per heavy atom. The number of nitrogens with one attached hydrogen (secondary N) is 1. The Bertz CT molecular complexity index is 531. The molecule has 0 atom stereocenters. The van der Waals surface area contributed by atoms with Crippen molar-refractivity contribution in [1.29, 1.82) is 0 Å². The highest BCUT2D eigenvalue weighted by molar-refractivity contribution is 5.80. The lowest BCUT2D eigenvalue weighted by molar-refractivity contribution is 0.418. The first-order valence-electron chi connectivity index (χ1n) is 4.26. The molecule has 0 unspecified atom stereocenters. The molecule has 0 bridgehead atoms. The second-order valence-electron chi connectivity index (χ2n) is 3.01. The number of hydrogen-bond donors (Lipinski definition) is 1. The number of ether oxygens (including phenoxy) is 1. The number of aromatic nitrogens is 2.